The van der Waals surface area contributed by atoms with E-state index in [2.05, 4.69) is 10.3 Å². The Labute approximate surface area is 140 Å². The van der Waals surface area contributed by atoms with Crippen molar-refractivity contribution in [3.05, 3.63) is 23.9 Å². The molecule has 0 radical (unpaired) electrons. The summed E-state index contributed by atoms with van der Waals surface area (Å²) in [4.78, 5) is 27.7. The van der Waals surface area contributed by atoms with Gasteiger partial charge in [-0.05, 0) is 33.3 Å². The van der Waals surface area contributed by atoms with Crippen LogP contribution in [-0.4, -0.2) is 46.6 Å². The highest BCUT2D eigenvalue weighted by molar-refractivity contribution is 8.14. The van der Waals surface area contributed by atoms with E-state index in [0.717, 1.165) is 5.75 Å². The molecule has 2 heterocycles. The normalized spacial score (nSPS) is 18.0. The average Bonchev–Trinajstić information content (AvgIpc) is 2.88. The van der Waals surface area contributed by atoms with Crippen LogP contribution in [0.15, 0.2) is 18.3 Å². The van der Waals surface area contributed by atoms with Crippen LogP contribution in [0.1, 0.15) is 37.6 Å². The second-order valence-electron chi connectivity index (χ2n) is 6.18. The zero-order valence-electron chi connectivity index (χ0n) is 13.6. The van der Waals surface area contributed by atoms with Crippen LogP contribution >= 0.6 is 11.8 Å². The summed E-state index contributed by atoms with van der Waals surface area (Å²) in [5, 5.41) is 2.74. The van der Waals surface area contributed by atoms with Crippen molar-refractivity contribution in [3.63, 3.8) is 0 Å². The van der Waals surface area contributed by atoms with E-state index in [1.807, 2.05) is 20.8 Å². The summed E-state index contributed by atoms with van der Waals surface area (Å²) in [6, 6.07) is 2.88. The van der Waals surface area contributed by atoms with Crippen LogP contribution in [0, 0.1) is 0 Å². The summed E-state index contributed by atoms with van der Waals surface area (Å²) in [6.45, 7) is 6.79. The minimum Gasteiger partial charge on any atom is -0.475 e. The van der Waals surface area contributed by atoms with Crippen molar-refractivity contribution in [2.45, 2.75) is 38.8 Å². The fourth-order valence-electron chi connectivity index (χ4n) is 1.96. The molecule has 0 bridgehead atoms. The van der Waals surface area contributed by atoms with Crippen molar-refractivity contribution < 1.29 is 19.1 Å². The number of nitrogens with one attached hydrogen (secondary N) is 1. The van der Waals surface area contributed by atoms with Gasteiger partial charge in [0.05, 0.1) is 23.8 Å². The highest BCUT2D eigenvalue weighted by Crippen LogP contribution is 2.20. The zero-order chi connectivity index (χ0) is 16.9. The minimum absolute atomic E-state index is 0.0186. The molecule has 1 atom stereocenters. The predicted molar refractivity (Wildman–Crippen MR) is 88.8 cm³/mol. The maximum absolute atomic E-state index is 12.1. The number of carbonyl (C=O) groups excluding carboxylic acids is 2. The van der Waals surface area contributed by atoms with Crippen LogP contribution in [0.5, 0.6) is 5.88 Å². The smallest absolute Gasteiger partial charge is 0.253 e. The third-order valence-electron chi connectivity index (χ3n) is 3.11. The van der Waals surface area contributed by atoms with E-state index in [-0.39, 0.29) is 16.6 Å². The van der Waals surface area contributed by atoms with E-state index in [1.54, 1.807) is 12.1 Å². The molecular weight excluding hydrogens is 316 g/mol. The lowest BCUT2D eigenvalue weighted by Gasteiger charge is -2.19. The highest BCUT2D eigenvalue weighted by atomic mass is 32.2. The first-order chi connectivity index (χ1) is 10.8. The van der Waals surface area contributed by atoms with Crippen LogP contribution in [-0.2, 0) is 9.53 Å². The van der Waals surface area contributed by atoms with Gasteiger partial charge in [0.15, 0.2) is 0 Å². The second kappa shape index (κ2) is 7.79. The standard InChI is InChI=1S/C16H22N2O4S/c1-16(2,3)22-8-7-21-13-5-4-11(10-17-13)14(19)18-12-6-9-23-15(12)20/h4-5,10,12H,6-9H2,1-3H3,(H,18,19). The number of carbonyl (C=O) groups is 2. The van der Waals surface area contributed by atoms with E-state index < -0.39 is 6.04 Å². The molecule has 1 aliphatic heterocycles. The van der Waals surface area contributed by atoms with E-state index in [9.17, 15) is 9.59 Å². The van der Waals surface area contributed by atoms with Gasteiger partial charge in [-0.15, -0.1) is 0 Å². The van der Waals surface area contributed by atoms with Gasteiger partial charge in [0, 0.05) is 18.0 Å². The van der Waals surface area contributed by atoms with Crippen molar-refractivity contribution in [1.29, 1.82) is 0 Å². The highest BCUT2D eigenvalue weighted by Gasteiger charge is 2.27. The van der Waals surface area contributed by atoms with Crippen molar-refractivity contribution in [2.24, 2.45) is 0 Å². The third-order valence-corrected chi connectivity index (χ3v) is 4.12. The molecule has 0 aromatic carbocycles. The van der Waals surface area contributed by atoms with E-state index in [1.165, 1.54) is 18.0 Å². The molecule has 23 heavy (non-hydrogen) atoms. The maximum Gasteiger partial charge on any atom is 0.253 e. The first kappa shape index (κ1) is 17.7. The van der Waals surface area contributed by atoms with Gasteiger partial charge < -0.3 is 14.8 Å². The van der Waals surface area contributed by atoms with Crippen molar-refractivity contribution in [1.82, 2.24) is 10.3 Å². The molecule has 126 valence electrons. The quantitative estimate of drug-likeness (QED) is 0.800. The Hall–Kier alpha value is -1.60. The molecule has 2 rings (SSSR count). The maximum atomic E-state index is 12.1. The second-order valence-corrected chi connectivity index (χ2v) is 7.28. The summed E-state index contributed by atoms with van der Waals surface area (Å²) >= 11 is 1.26. The first-order valence-electron chi connectivity index (χ1n) is 7.55. The van der Waals surface area contributed by atoms with E-state index in [0.29, 0.717) is 31.1 Å². The lowest BCUT2D eigenvalue weighted by atomic mass is 10.2. The number of nitrogens with zero attached hydrogens (tertiary/aromatic N) is 1. The third kappa shape index (κ3) is 5.84. The average molecular weight is 338 g/mol. The SMILES string of the molecule is CC(C)(C)OCCOc1ccc(C(=O)NC2CCSC2=O)cn1. The zero-order valence-corrected chi connectivity index (χ0v) is 14.4. The number of hydrogen-bond acceptors (Lipinski definition) is 6. The molecule has 1 fully saturated rings. The Morgan fingerprint density at radius 2 is 2.17 bits per heavy atom. The predicted octanol–water partition coefficient (Wildman–Crippen LogP) is 2.04. The first-order valence-corrected chi connectivity index (χ1v) is 8.54. The van der Waals surface area contributed by atoms with Gasteiger partial charge in [0.25, 0.3) is 5.91 Å². The number of hydrogen-bond donors (Lipinski definition) is 1. The van der Waals surface area contributed by atoms with Crippen molar-refractivity contribution >= 4 is 22.8 Å². The molecule has 7 heteroatoms. The largest absolute Gasteiger partial charge is 0.475 e. The van der Waals surface area contributed by atoms with Crippen LogP contribution in [0.2, 0.25) is 0 Å². The van der Waals surface area contributed by atoms with Gasteiger partial charge in [-0.25, -0.2) is 4.98 Å². The van der Waals surface area contributed by atoms with E-state index in [4.69, 9.17) is 9.47 Å². The molecule has 0 saturated carbocycles. The Bertz CT molecular complexity index is 554. The molecule has 1 N–H and O–H groups in total. The topological polar surface area (TPSA) is 77.5 Å². The molecule has 1 aliphatic rings. The molecule has 1 aromatic heterocycles. The van der Waals surface area contributed by atoms with Gasteiger partial charge in [-0.3, -0.25) is 9.59 Å². The molecular formula is C16H22N2O4S. The van der Waals surface area contributed by atoms with Crippen LogP contribution < -0.4 is 10.1 Å². The van der Waals surface area contributed by atoms with Crippen LogP contribution in [0.25, 0.3) is 0 Å². The van der Waals surface area contributed by atoms with Crippen LogP contribution in [0.3, 0.4) is 0 Å². The molecule has 1 aromatic rings. The molecule has 6 nitrogen and oxygen atoms in total. The number of amides is 1. The lowest BCUT2D eigenvalue weighted by molar-refractivity contribution is -0.112. The Kier molecular flexibility index (Phi) is 6.01. The van der Waals surface area contributed by atoms with Gasteiger partial charge in [-0.2, -0.15) is 0 Å². The van der Waals surface area contributed by atoms with Gasteiger partial charge in [-0.1, -0.05) is 11.8 Å². The Balaban J connectivity index is 1.79. The summed E-state index contributed by atoms with van der Waals surface area (Å²) in [5.41, 5.74) is 0.210. The number of pyridine rings is 1. The monoisotopic (exact) mass is 338 g/mol. The van der Waals surface area contributed by atoms with Gasteiger partial charge in [0.1, 0.15) is 6.61 Å². The number of rotatable bonds is 6. The number of aromatic nitrogens is 1. The molecule has 1 amide bonds. The summed E-state index contributed by atoms with van der Waals surface area (Å²) in [7, 11) is 0. The Morgan fingerprint density at radius 3 is 2.74 bits per heavy atom. The van der Waals surface area contributed by atoms with Crippen LogP contribution in [0.4, 0.5) is 0 Å². The Morgan fingerprint density at radius 1 is 1.39 bits per heavy atom. The summed E-state index contributed by atoms with van der Waals surface area (Å²) in [5.74, 6) is 0.901. The van der Waals surface area contributed by atoms with Crippen molar-refractivity contribution in [3.8, 4) is 5.88 Å². The molecule has 1 unspecified atom stereocenters. The number of thioether (sulfide) groups is 1. The summed E-state index contributed by atoms with van der Waals surface area (Å²) in [6.07, 6.45) is 2.12. The molecule has 0 spiro atoms. The number of ether oxygens (including phenoxy) is 2. The summed E-state index contributed by atoms with van der Waals surface area (Å²) < 4.78 is 11.0. The van der Waals surface area contributed by atoms with Gasteiger partial charge in [0.2, 0.25) is 11.0 Å². The van der Waals surface area contributed by atoms with Crippen molar-refractivity contribution in [2.75, 3.05) is 19.0 Å². The minimum atomic E-state index is -0.391. The molecule has 1 saturated heterocycles. The molecule has 0 aliphatic carbocycles. The lowest BCUT2D eigenvalue weighted by Crippen LogP contribution is -2.37. The fourth-order valence-corrected chi connectivity index (χ4v) is 2.90. The fraction of sp³-hybridized carbons (Fsp3) is 0.562. The van der Waals surface area contributed by atoms with E-state index >= 15 is 0 Å². The van der Waals surface area contributed by atoms with Gasteiger partial charge >= 0.3 is 0 Å².